The number of hydrogen-bond donors (Lipinski definition) is 0. The van der Waals surface area contributed by atoms with E-state index in [9.17, 15) is 4.79 Å². The fourth-order valence-electron chi connectivity index (χ4n) is 3.32. The van der Waals surface area contributed by atoms with Gasteiger partial charge in [-0.2, -0.15) is 0 Å². The Morgan fingerprint density at radius 2 is 1.96 bits per heavy atom. The molecule has 27 heavy (non-hydrogen) atoms. The zero-order valence-corrected chi connectivity index (χ0v) is 16.1. The Balaban J connectivity index is 1.38. The van der Waals surface area contributed by atoms with Gasteiger partial charge in [0.05, 0.1) is 11.2 Å². The van der Waals surface area contributed by atoms with Gasteiger partial charge in [0.2, 0.25) is 5.91 Å². The van der Waals surface area contributed by atoms with Gasteiger partial charge in [0.1, 0.15) is 0 Å². The van der Waals surface area contributed by atoms with Crippen LogP contribution in [0.5, 0.6) is 0 Å². The van der Waals surface area contributed by atoms with Gasteiger partial charge in [-0.25, -0.2) is 4.98 Å². The summed E-state index contributed by atoms with van der Waals surface area (Å²) in [6.45, 7) is 1.43. The summed E-state index contributed by atoms with van der Waals surface area (Å²) in [6.07, 6.45) is 3.37. The summed E-state index contributed by atoms with van der Waals surface area (Å²) in [5, 5.41) is 1.07. The molecule has 1 amide bonds. The molecular formula is C21H18Cl2N2O2. The Hall–Kier alpha value is -2.30. The van der Waals surface area contributed by atoms with Crippen molar-refractivity contribution in [2.75, 3.05) is 6.54 Å². The summed E-state index contributed by atoms with van der Waals surface area (Å²) in [5.74, 6) is 1.22. The molecule has 1 aromatic heterocycles. The Labute approximate surface area is 167 Å². The first-order valence-corrected chi connectivity index (χ1v) is 9.60. The Morgan fingerprint density at radius 1 is 1.15 bits per heavy atom. The summed E-state index contributed by atoms with van der Waals surface area (Å²) < 4.78 is 5.78. The van der Waals surface area contributed by atoms with Gasteiger partial charge in [-0.15, -0.1) is 0 Å². The average molecular weight is 401 g/mol. The second-order valence-electron chi connectivity index (χ2n) is 6.58. The van der Waals surface area contributed by atoms with Crippen LogP contribution in [0.4, 0.5) is 0 Å². The third-order valence-electron chi connectivity index (χ3n) is 4.79. The lowest BCUT2D eigenvalue weighted by atomic mass is 9.99. The zero-order valence-electron chi connectivity index (χ0n) is 14.6. The number of amides is 1. The number of halogens is 2. The van der Waals surface area contributed by atoms with Crippen LogP contribution in [0, 0.1) is 0 Å². The highest BCUT2D eigenvalue weighted by Gasteiger charge is 2.20. The van der Waals surface area contributed by atoms with Crippen molar-refractivity contribution in [1.82, 2.24) is 9.88 Å². The fourth-order valence-corrected chi connectivity index (χ4v) is 3.82. The van der Waals surface area contributed by atoms with E-state index in [4.69, 9.17) is 27.6 Å². The van der Waals surface area contributed by atoms with Gasteiger partial charge in [-0.1, -0.05) is 47.5 Å². The van der Waals surface area contributed by atoms with Gasteiger partial charge < -0.3 is 9.32 Å². The summed E-state index contributed by atoms with van der Waals surface area (Å²) >= 11 is 12.1. The van der Waals surface area contributed by atoms with Gasteiger partial charge in [-0.05, 0) is 35.7 Å². The Kier molecular flexibility index (Phi) is 5.19. The Morgan fingerprint density at radius 3 is 2.78 bits per heavy atom. The van der Waals surface area contributed by atoms with E-state index >= 15 is 0 Å². The van der Waals surface area contributed by atoms with Crippen LogP contribution in [0.15, 0.2) is 53.1 Å². The topological polar surface area (TPSA) is 46.3 Å². The number of fused-ring (bicyclic) bond motifs is 1. The van der Waals surface area contributed by atoms with Crippen LogP contribution in [0.2, 0.25) is 10.0 Å². The lowest BCUT2D eigenvalue weighted by molar-refractivity contribution is -0.132. The quantitative estimate of drug-likeness (QED) is 0.606. The van der Waals surface area contributed by atoms with Crippen LogP contribution in [0.25, 0.3) is 11.3 Å². The molecule has 0 bridgehead atoms. The molecular weight excluding hydrogens is 383 g/mol. The van der Waals surface area contributed by atoms with Crippen molar-refractivity contribution >= 4 is 29.1 Å². The normalized spacial score (nSPS) is 13.5. The highest BCUT2D eigenvalue weighted by Crippen LogP contribution is 2.31. The molecule has 0 radical (unpaired) electrons. The number of aryl methyl sites for hydroxylation is 1. The van der Waals surface area contributed by atoms with E-state index in [1.807, 2.05) is 17.0 Å². The molecule has 0 spiro atoms. The molecule has 2 aromatic carbocycles. The fraction of sp³-hybridized carbons (Fsp3) is 0.238. The van der Waals surface area contributed by atoms with Gasteiger partial charge >= 0.3 is 0 Å². The second-order valence-corrected chi connectivity index (χ2v) is 7.42. The van der Waals surface area contributed by atoms with Crippen molar-refractivity contribution in [2.45, 2.75) is 25.8 Å². The summed E-state index contributed by atoms with van der Waals surface area (Å²) in [4.78, 5) is 18.8. The van der Waals surface area contributed by atoms with E-state index in [2.05, 4.69) is 17.1 Å². The molecule has 0 atom stereocenters. The van der Waals surface area contributed by atoms with Crippen LogP contribution < -0.4 is 0 Å². The molecule has 1 aliphatic heterocycles. The number of oxazole rings is 1. The SMILES string of the molecule is O=C(CCc1ncc(-c2ccc(Cl)cc2Cl)o1)N1CCc2ccccc2C1. The first-order chi connectivity index (χ1) is 13.1. The van der Waals surface area contributed by atoms with Gasteiger partial charge in [0, 0.05) is 36.5 Å². The third kappa shape index (κ3) is 4.02. The predicted octanol–water partition coefficient (Wildman–Crippen LogP) is 5.17. The lowest BCUT2D eigenvalue weighted by Crippen LogP contribution is -2.36. The van der Waals surface area contributed by atoms with E-state index in [1.165, 1.54) is 11.1 Å². The maximum Gasteiger partial charge on any atom is 0.223 e. The maximum atomic E-state index is 12.6. The van der Waals surface area contributed by atoms with E-state index < -0.39 is 0 Å². The monoisotopic (exact) mass is 400 g/mol. The molecule has 0 fully saturated rings. The lowest BCUT2D eigenvalue weighted by Gasteiger charge is -2.28. The highest BCUT2D eigenvalue weighted by molar-refractivity contribution is 6.36. The minimum atomic E-state index is 0.119. The van der Waals surface area contributed by atoms with Crippen molar-refractivity contribution in [2.24, 2.45) is 0 Å². The van der Waals surface area contributed by atoms with Crippen LogP contribution >= 0.6 is 23.2 Å². The number of rotatable bonds is 4. The molecule has 3 aromatic rings. The summed E-state index contributed by atoms with van der Waals surface area (Å²) in [6, 6.07) is 13.5. The van der Waals surface area contributed by atoms with E-state index in [1.54, 1.807) is 24.4 Å². The summed E-state index contributed by atoms with van der Waals surface area (Å²) in [7, 11) is 0. The minimum Gasteiger partial charge on any atom is -0.441 e. The minimum absolute atomic E-state index is 0.119. The van der Waals surface area contributed by atoms with Crippen molar-refractivity contribution in [3.8, 4) is 11.3 Å². The van der Waals surface area contributed by atoms with E-state index in [0.717, 1.165) is 18.5 Å². The van der Waals surface area contributed by atoms with Crippen molar-refractivity contribution in [3.05, 3.63) is 75.7 Å². The predicted molar refractivity (Wildman–Crippen MR) is 106 cm³/mol. The van der Waals surface area contributed by atoms with Crippen LogP contribution in [-0.2, 0) is 24.2 Å². The molecule has 138 valence electrons. The third-order valence-corrected chi connectivity index (χ3v) is 5.33. The maximum absolute atomic E-state index is 12.6. The van der Waals surface area contributed by atoms with Gasteiger partial charge in [0.25, 0.3) is 0 Å². The standard InChI is InChI=1S/C21H18Cl2N2O2/c22-16-5-6-17(18(23)11-16)19-12-24-20(27-19)7-8-21(26)25-10-9-14-3-1-2-4-15(14)13-25/h1-6,11-12H,7-10,13H2. The Bertz CT molecular complexity index is 984. The number of benzene rings is 2. The van der Waals surface area contributed by atoms with Crippen molar-refractivity contribution in [3.63, 3.8) is 0 Å². The first-order valence-electron chi connectivity index (χ1n) is 8.85. The molecule has 6 heteroatoms. The largest absolute Gasteiger partial charge is 0.441 e. The first kappa shape index (κ1) is 18.1. The molecule has 0 N–H and O–H groups in total. The molecule has 4 rings (SSSR count). The van der Waals surface area contributed by atoms with Gasteiger partial charge in [0.15, 0.2) is 11.7 Å². The van der Waals surface area contributed by atoms with Crippen LogP contribution in [0.3, 0.4) is 0 Å². The van der Waals surface area contributed by atoms with Crippen LogP contribution in [-0.4, -0.2) is 22.3 Å². The number of carbonyl (C=O) groups is 1. The van der Waals surface area contributed by atoms with Crippen molar-refractivity contribution < 1.29 is 9.21 Å². The number of carbonyl (C=O) groups excluding carboxylic acids is 1. The average Bonchev–Trinajstić information content (AvgIpc) is 3.14. The molecule has 0 unspecified atom stereocenters. The number of hydrogen-bond acceptors (Lipinski definition) is 3. The zero-order chi connectivity index (χ0) is 18.8. The number of nitrogens with zero attached hydrogens (tertiary/aromatic N) is 2. The molecule has 1 aliphatic rings. The molecule has 0 saturated heterocycles. The van der Waals surface area contributed by atoms with E-state index in [0.29, 0.717) is 41.1 Å². The smallest absolute Gasteiger partial charge is 0.223 e. The van der Waals surface area contributed by atoms with E-state index in [-0.39, 0.29) is 5.91 Å². The molecule has 0 saturated carbocycles. The second kappa shape index (κ2) is 7.75. The van der Waals surface area contributed by atoms with Crippen molar-refractivity contribution in [1.29, 1.82) is 0 Å². The number of aromatic nitrogens is 1. The molecule has 0 aliphatic carbocycles. The summed E-state index contributed by atoms with van der Waals surface area (Å²) in [5.41, 5.74) is 3.30. The molecule has 2 heterocycles. The highest BCUT2D eigenvalue weighted by atomic mass is 35.5. The van der Waals surface area contributed by atoms with Gasteiger partial charge in [-0.3, -0.25) is 4.79 Å². The van der Waals surface area contributed by atoms with Crippen LogP contribution in [0.1, 0.15) is 23.4 Å². The molecule has 4 nitrogen and oxygen atoms in total.